The molecule has 2 aromatic rings. The molecule has 136 valence electrons. The Morgan fingerprint density at radius 1 is 1.27 bits per heavy atom. The highest BCUT2D eigenvalue weighted by Gasteiger charge is 2.50. The van der Waals surface area contributed by atoms with Crippen LogP contribution in [0.15, 0.2) is 48.9 Å². The standard InChI is InChI=1S/C19H21N3O4/c23-18(12-24-15-4-2-1-3-5-15)22-13-19(14-22)10-16(6-9-25-19)26-17-11-20-7-8-21-17/h1-5,7-8,11,16H,6,9-10,12-14H2/t16-/m0/s1. The molecule has 1 spiro atoms. The number of hydrogen-bond donors (Lipinski definition) is 0. The average Bonchev–Trinajstić information content (AvgIpc) is 2.66. The summed E-state index contributed by atoms with van der Waals surface area (Å²) in [6.45, 7) is 1.81. The summed E-state index contributed by atoms with van der Waals surface area (Å²) in [6, 6.07) is 9.35. The largest absolute Gasteiger partial charge is 0.484 e. The quantitative estimate of drug-likeness (QED) is 0.813. The van der Waals surface area contributed by atoms with Gasteiger partial charge >= 0.3 is 0 Å². The Bertz CT molecular complexity index is 735. The number of para-hydroxylation sites is 1. The zero-order chi connectivity index (χ0) is 17.8. The Balaban J connectivity index is 1.26. The number of aromatic nitrogens is 2. The van der Waals surface area contributed by atoms with Crippen LogP contribution >= 0.6 is 0 Å². The molecule has 1 atom stereocenters. The fourth-order valence-electron chi connectivity index (χ4n) is 3.40. The SMILES string of the molecule is O=C(COc1ccccc1)N1CC2(C[C@@H](Oc3cnccn3)CCO2)C1. The Kier molecular flexibility index (Phi) is 4.71. The first-order valence-electron chi connectivity index (χ1n) is 8.75. The molecular weight excluding hydrogens is 334 g/mol. The molecule has 0 radical (unpaired) electrons. The van der Waals surface area contributed by atoms with E-state index in [0.717, 1.165) is 12.8 Å². The second-order valence-electron chi connectivity index (χ2n) is 6.66. The number of hydrogen-bond acceptors (Lipinski definition) is 6. The molecule has 0 aliphatic carbocycles. The molecule has 26 heavy (non-hydrogen) atoms. The van der Waals surface area contributed by atoms with Gasteiger partial charge in [-0.2, -0.15) is 0 Å². The molecule has 2 fully saturated rings. The van der Waals surface area contributed by atoms with Gasteiger partial charge < -0.3 is 19.1 Å². The first-order chi connectivity index (χ1) is 12.7. The van der Waals surface area contributed by atoms with Crippen LogP contribution in [-0.2, 0) is 9.53 Å². The van der Waals surface area contributed by atoms with Crippen LogP contribution in [0.4, 0.5) is 0 Å². The summed E-state index contributed by atoms with van der Waals surface area (Å²) < 4.78 is 17.4. The van der Waals surface area contributed by atoms with E-state index in [2.05, 4.69) is 9.97 Å². The summed E-state index contributed by atoms with van der Waals surface area (Å²) in [5.41, 5.74) is -0.312. The predicted octanol–water partition coefficient (Wildman–Crippen LogP) is 1.69. The number of carbonyl (C=O) groups is 1. The van der Waals surface area contributed by atoms with E-state index in [9.17, 15) is 4.79 Å². The van der Waals surface area contributed by atoms with E-state index in [0.29, 0.717) is 31.3 Å². The van der Waals surface area contributed by atoms with Crippen LogP contribution in [0.5, 0.6) is 11.6 Å². The van der Waals surface area contributed by atoms with Gasteiger partial charge in [-0.1, -0.05) is 18.2 Å². The van der Waals surface area contributed by atoms with Crippen molar-refractivity contribution in [3.05, 3.63) is 48.9 Å². The maximum absolute atomic E-state index is 12.3. The van der Waals surface area contributed by atoms with Crippen LogP contribution < -0.4 is 9.47 Å². The minimum absolute atomic E-state index is 0.0262. The summed E-state index contributed by atoms with van der Waals surface area (Å²) >= 11 is 0. The van der Waals surface area contributed by atoms with Gasteiger partial charge in [-0.3, -0.25) is 9.78 Å². The van der Waals surface area contributed by atoms with E-state index < -0.39 is 0 Å². The molecule has 0 saturated carbocycles. The fourth-order valence-corrected chi connectivity index (χ4v) is 3.40. The van der Waals surface area contributed by atoms with E-state index in [-0.39, 0.29) is 24.2 Å². The highest BCUT2D eigenvalue weighted by molar-refractivity contribution is 5.79. The third kappa shape index (κ3) is 3.77. The molecule has 4 rings (SSSR count). The van der Waals surface area contributed by atoms with E-state index in [4.69, 9.17) is 14.2 Å². The number of likely N-dealkylation sites (tertiary alicyclic amines) is 1. The van der Waals surface area contributed by atoms with Gasteiger partial charge in [0.15, 0.2) is 6.61 Å². The van der Waals surface area contributed by atoms with Crippen LogP contribution in [0.3, 0.4) is 0 Å². The Morgan fingerprint density at radius 3 is 2.88 bits per heavy atom. The topological polar surface area (TPSA) is 73.8 Å². The van der Waals surface area contributed by atoms with Crippen molar-refractivity contribution in [3.63, 3.8) is 0 Å². The van der Waals surface area contributed by atoms with E-state index in [1.165, 1.54) is 0 Å². The summed E-state index contributed by atoms with van der Waals surface area (Å²) in [4.78, 5) is 22.2. The Morgan fingerprint density at radius 2 is 2.12 bits per heavy atom. The second kappa shape index (κ2) is 7.29. The first kappa shape index (κ1) is 16.8. The maximum atomic E-state index is 12.3. The van der Waals surface area contributed by atoms with Crippen LogP contribution in [0.2, 0.25) is 0 Å². The van der Waals surface area contributed by atoms with Gasteiger partial charge in [-0.05, 0) is 12.1 Å². The maximum Gasteiger partial charge on any atom is 0.260 e. The van der Waals surface area contributed by atoms with Crippen molar-refractivity contribution < 1.29 is 19.0 Å². The monoisotopic (exact) mass is 355 g/mol. The number of benzene rings is 1. The minimum Gasteiger partial charge on any atom is -0.484 e. The predicted molar refractivity (Wildman–Crippen MR) is 92.9 cm³/mol. The third-order valence-electron chi connectivity index (χ3n) is 4.69. The van der Waals surface area contributed by atoms with Gasteiger partial charge in [-0.15, -0.1) is 0 Å². The molecule has 7 nitrogen and oxygen atoms in total. The summed E-state index contributed by atoms with van der Waals surface area (Å²) in [5.74, 6) is 1.19. The van der Waals surface area contributed by atoms with Gasteiger partial charge in [0.1, 0.15) is 17.5 Å². The molecule has 1 amide bonds. The van der Waals surface area contributed by atoms with Crippen molar-refractivity contribution >= 4 is 5.91 Å². The molecule has 0 unspecified atom stereocenters. The smallest absolute Gasteiger partial charge is 0.260 e. The van der Waals surface area contributed by atoms with Gasteiger partial charge in [0.05, 0.1) is 25.9 Å². The highest BCUT2D eigenvalue weighted by atomic mass is 16.5. The van der Waals surface area contributed by atoms with Gasteiger partial charge in [0, 0.05) is 25.2 Å². The number of ether oxygens (including phenoxy) is 3. The van der Waals surface area contributed by atoms with Crippen molar-refractivity contribution in [2.75, 3.05) is 26.3 Å². The minimum atomic E-state index is -0.312. The van der Waals surface area contributed by atoms with E-state index in [1.54, 1.807) is 23.5 Å². The summed E-state index contributed by atoms with van der Waals surface area (Å²) in [7, 11) is 0. The third-order valence-corrected chi connectivity index (χ3v) is 4.69. The summed E-state index contributed by atoms with van der Waals surface area (Å²) in [6.07, 6.45) is 6.42. The van der Waals surface area contributed by atoms with Crippen LogP contribution in [0, 0.1) is 0 Å². The lowest BCUT2D eigenvalue weighted by molar-refractivity contribution is -0.194. The highest BCUT2D eigenvalue weighted by Crippen LogP contribution is 2.35. The number of nitrogens with zero attached hydrogens (tertiary/aromatic N) is 3. The van der Waals surface area contributed by atoms with Crippen LogP contribution in [0.25, 0.3) is 0 Å². The average molecular weight is 355 g/mol. The van der Waals surface area contributed by atoms with E-state index >= 15 is 0 Å². The number of carbonyl (C=O) groups excluding carboxylic acids is 1. The van der Waals surface area contributed by atoms with Crippen LogP contribution in [-0.4, -0.2) is 58.8 Å². The van der Waals surface area contributed by atoms with Crippen molar-refractivity contribution in [3.8, 4) is 11.6 Å². The van der Waals surface area contributed by atoms with Gasteiger partial charge in [0.2, 0.25) is 5.88 Å². The van der Waals surface area contributed by atoms with Gasteiger partial charge in [0.25, 0.3) is 5.91 Å². The summed E-state index contributed by atoms with van der Waals surface area (Å²) in [5, 5.41) is 0. The Hall–Kier alpha value is -2.67. The molecule has 2 saturated heterocycles. The van der Waals surface area contributed by atoms with Crippen molar-refractivity contribution in [2.45, 2.75) is 24.5 Å². The zero-order valence-corrected chi connectivity index (χ0v) is 14.4. The van der Waals surface area contributed by atoms with Crippen molar-refractivity contribution in [2.24, 2.45) is 0 Å². The fraction of sp³-hybridized carbons (Fsp3) is 0.421. The number of amides is 1. The first-order valence-corrected chi connectivity index (χ1v) is 8.75. The molecule has 2 aliphatic rings. The zero-order valence-electron chi connectivity index (χ0n) is 14.4. The Labute approximate surface area is 151 Å². The van der Waals surface area contributed by atoms with Crippen LogP contribution in [0.1, 0.15) is 12.8 Å². The lowest BCUT2D eigenvalue weighted by Crippen LogP contribution is -2.68. The molecule has 7 heteroatoms. The van der Waals surface area contributed by atoms with Crippen molar-refractivity contribution in [1.29, 1.82) is 0 Å². The lowest BCUT2D eigenvalue weighted by atomic mass is 9.84. The molecule has 1 aromatic carbocycles. The number of rotatable bonds is 5. The molecule has 0 bridgehead atoms. The molecule has 1 aromatic heterocycles. The molecule has 3 heterocycles. The second-order valence-corrected chi connectivity index (χ2v) is 6.66. The normalized spacial score (nSPS) is 21.1. The van der Waals surface area contributed by atoms with E-state index in [1.807, 2.05) is 30.3 Å². The molecular formula is C19H21N3O4. The molecule has 0 N–H and O–H groups in total. The lowest BCUT2D eigenvalue weighted by Gasteiger charge is -2.52. The van der Waals surface area contributed by atoms with Crippen molar-refractivity contribution in [1.82, 2.24) is 14.9 Å². The molecule has 2 aliphatic heterocycles. The van der Waals surface area contributed by atoms with Gasteiger partial charge in [-0.25, -0.2) is 4.98 Å².